The molecule has 0 rings (SSSR count). The molecule has 0 aromatic heterocycles. The zero-order chi connectivity index (χ0) is 13.1. The van der Waals surface area contributed by atoms with Crippen LogP contribution in [0.25, 0.3) is 0 Å². The fourth-order valence-electron chi connectivity index (χ4n) is 0. The maximum atomic E-state index is 9.25. The van der Waals surface area contributed by atoms with Gasteiger partial charge in [0.2, 0.25) is 0 Å². The van der Waals surface area contributed by atoms with Crippen LogP contribution in [-0.4, -0.2) is 88.6 Å². The SMILES string of the molecule is C=CC(=O)O.C=CC(=O)O.O=S(=O)(O)O.[BaH2]. The molecule has 0 saturated carbocycles. The van der Waals surface area contributed by atoms with Crippen LogP contribution in [0, 0.1) is 0 Å². The summed E-state index contributed by atoms with van der Waals surface area (Å²) in [5, 5.41) is 15.2. The van der Waals surface area contributed by atoms with Crippen LogP contribution in [0.1, 0.15) is 0 Å². The predicted molar refractivity (Wildman–Crippen MR) is 58.4 cm³/mol. The van der Waals surface area contributed by atoms with Gasteiger partial charge in [-0.05, 0) is 0 Å². The van der Waals surface area contributed by atoms with E-state index in [0.29, 0.717) is 0 Å². The van der Waals surface area contributed by atoms with E-state index in [4.69, 9.17) is 27.7 Å². The van der Waals surface area contributed by atoms with Crippen LogP contribution in [0.5, 0.6) is 0 Å². The summed E-state index contributed by atoms with van der Waals surface area (Å²) in [5.74, 6) is -1.96. The molecule has 8 nitrogen and oxygen atoms in total. The molecular weight excluding hydrogens is 369 g/mol. The van der Waals surface area contributed by atoms with Gasteiger partial charge >= 0.3 is 71.2 Å². The Morgan fingerprint density at radius 3 is 1.00 bits per heavy atom. The summed E-state index contributed by atoms with van der Waals surface area (Å²) < 4.78 is 31.6. The Balaban J connectivity index is -0.0000000655. The van der Waals surface area contributed by atoms with E-state index in [1.54, 1.807) is 0 Å². The third-order valence-electron chi connectivity index (χ3n) is 0.349. The van der Waals surface area contributed by atoms with Crippen LogP contribution in [0.15, 0.2) is 25.3 Å². The first-order valence-electron chi connectivity index (χ1n) is 2.95. The molecular formula is C6H12BaO8S. The molecule has 0 unspecified atom stereocenters. The van der Waals surface area contributed by atoms with Gasteiger partial charge in [0.15, 0.2) is 0 Å². The molecule has 10 heteroatoms. The van der Waals surface area contributed by atoms with Gasteiger partial charge < -0.3 is 10.2 Å². The van der Waals surface area contributed by atoms with E-state index in [0.717, 1.165) is 12.2 Å². The number of hydrogen-bond acceptors (Lipinski definition) is 4. The van der Waals surface area contributed by atoms with Crippen molar-refractivity contribution in [1.29, 1.82) is 0 Å². The van der Waals surface area contributed by atoms with E-state index in [1.807, 2.05) is 0 Å². The molecule has 92 valence electrons. The Labute approximate surface area is 132 Å². The maximum absolute atomic E-state index is 9.25. The summed E-state index contributed by atoms with van der Waals surface area (Å²) in [7, 11) is -4.67. The van der Waals surface area contributed by atoms with Crippen molar-refractivity contribution in [1.82, 2.24) is 0 Å². The van der Waals surface area contributed by atoms with Gasteiger partial charge in [-0.2, -0.15) is 8.42 Å². The molecule has 0 fully saturated rings. The van der Waals surface area contributed by atoms with Crippen LogP contribution in [0.4, 0.5) is 0 Å². The summed E-state index contributed by atoms with van der Waals surface area (Å²) >= 11 is 0. The van der Waals surface area contributed by atoms with Crippen LogP contribution in [0.3, 0.4) is 0 Å². The quantitative estimate of drug-likeness (QED) is 0.269. The van der Waals surface area contributed by atoms with Crippen molar-refractivity contribution in [2.75, 3.05) is 0 Å². The van der Waals surface area contributed by atoms with Crippen molar-refractivity contribution >= 4 is 71.2 Å². The van der Waals surface area contributed by atoms with E-state index in [-0.39, 0.29) is 48.9 Å². The zero-order valence-corrected chi connectivity index (χ0v) is 8.22. The van der Waals surface area contributed by atoms with E-state index >= 15 is 0 Å². The normalized spacial score (nSPS) is 7.62. The average molecular weight is 382 g/mol. The number of rotatable bonds is 2. The van der Waals surface area contributed by atoms with E-state index in [9.17, 15) is 9.59 Å². The first kappa shape index (κ1) is 24.9. The summed E-state index contributed by atoms with van der Waals surface area (Å²) in [5.41, 5.74) is 0. The Morgan fingerprint density at radius 2 is 1.00 bits per heavy atom. The molecule has 0 aromatic carbocycles. The topological polar surface area (TPSA) is 149 Å². The molecule has 0 aliphatic carbocycles. The summed E-state index contributed by atoms with van der Waals surface area (Å²) in [6.45, 7) is 5.92. The monoisotopic (exact) mass is 382 g/mol. The molecule has 0 aliphatic rings. The molecule has 16 heavy (non-hydrogen) atoms. The molecule has 0 heterocycles. The van der Waals surface area contributed by atoms with Gasteiger partial charge in [-0.25, -0.2) is 9.59 Å². The van der Waals surface area contributed by atoms with Gasteiger partial charge in [-0.15, -0.1) is 0 Å². The second-order valence-electron chi connectivity index (χ2n) is 1.53. The van der Waals surface area contributed by atoms with Gasteiger partial charge in [-0.1, -0.05) is 13.2 Å². The fourth-order valence-corrected chi connectivity index (χ4v) is 0. The minimum absolute atomic E-state index is 0. The van der Waals surface area contributed by atoms with E-state index in [2.05, 4.69) is 13.2 Å². The molecule has 4 N–H and O–H groups in total. The fraction of sp³-hybridized carbons (Fsp3) is 0. The van der Waals surface area contributed by atoms with Gasteiger partial charge in [-0.3, -0.25) is 9.11 Å². The minimum atomic E-state index is -4.67. The van der Waals surface area contributed by atoms with Crippen molar-refractivity contribution < 1.29 is 37.3 Å². The van der Waals surface area contributed by atoms with Gasteiger partial charge in [0.25, 0.3) is 0 Å². The third kappa shape index (κ3) is 154. The second-order valence-corrected chi connectivity index (χ2v) is 2.43. The predicted octanol–water partition coefficient (Wildman–Crippen LogP) is -1.05. The van der Waals surface area contributed by atoms with Crippen LogP contribution in [0.2, 0.25) is 0 Å². The van der Waals surface area contributed by atoms with E-state index < -0.39 is 22.3 Å². The summed E-state index contributed by atoms with van der Waals surface area (Å²) in [6.07, 6.45) is 1.67. The van der Waals surface area contributed by atoms with Crippen molar-refractivity contribution in [2.24, 2.45) is 0 Å². The second kappa shape index (κ2) is 14.9. The molecule has 0 aromatic rings. The van der Waals surface area contributed by atoms with E-state index in [1.165, 1.54) is 0 Å². The number of carbonyl (C=O) groups is 2. The molecule has 0 radical (unpaired) electrons. The Bertz CT molecular complexity index is 293. The van der Waals surface area contributed by atoms with Crippen LogP contribution >= 0.6 is 0 Å². The Morgan fingerprint density at radius 1 is 0.938 bits per heavy atom. The molecule has 0 aliphatic heterocycles. The van der Waals surface area contributed by atoms with Crippen LogP contribution in [-0.2, 0) is 20.0 Å². The molecule has 0 bridgehead atoms. The molecule has 0 atom stereocenters. The Hall–Kier alpha value is -0.139. The number of aliphatic carboxylic acids is 2. The molecule has 0 amide bonds. The average Bonchev–Trinajstić information content (AvgIpc) is 2.02. The van der Waals surface area contributed by atoms with Crippen molar-refractivity contribution in [3.63, 3.8) is 0 Å². The zero-order valence-electron chi connectivity index (χ0n) is 7.40. The van der Waals surface area contributed by atoms with Crippen molar-refractivity contribution in [3.8, 4) is 0 Å². The van der Waals surface area contributed by atoms with Gasteiger partial charge in [0, 0.05) is 12.2 Å². The standard InChI is InChI=1S/2C3H4O2.Ba.H2O4S.2H/c2*1-2-3(4)5;;1-5(2,3)4;;/h2*2H,1H2,(H,4,5);;(H2,1,2,3,4);;. The number of hydrogen-bond donors (Lipinski definition) is 4. The number of carboxylic acids is 2. The van der Waals surface area contributed by atoms with Crippen molar-refractivity contribution in [2.45, 2.75) is 0 Å². The summed E-state index contributed by atoms with van der Waals surface area (Å²) in [4.78, 5) is 18.5. The number of carboxylic acid groups (broad SMARTS) is 2. The van der Waals surface area contributed by atoms with Crippen molar-refractivity contribution in [3.05, 3.63) is 25.3 Å². The first-order valence-corrected chi connectivity index (χ1v) is 4.34. The summed E-state index contributed by atoms with van der Waals surface area (Å²) in [6, 6.07) is 0. The Kier molecular flexibility index (Phi) is 23.1. The molecule has 0 saturated heterocycles. The van der Waals surface area contributed by atoms with Gasteiger partial charge in [0.1, 0.15) is 0 Å². The van der Waals surface area contributed by atoms with Gasteiger partial charge in [0.05, 0.1) is 0 Å². The molecule has 0 spiro atoms. The third-order valence-corrected chi connectivity index (χ3v) is 0.349. The van der Waals surface area contributed by atoms with Crippen LogP contribution < -0.4 is 0 Å². The first-order chi connectivity index (χ1) is 6.54.